The summed E-state index contributed by atoms with van der Waals surface area (Å²) >= 11 is 0. The van der Waals surface area contributed by atoms with Gasteiger partial charge in [-0.05, 0) is 66.6 Å². The van der Waals surface area contributed by atoms with Crippen LogP contribution in [0.1, 0.15) is 41.3 Å². The molecule has 0 aromatic heterocycles. The number of nitrogens with one attached hydrogen (secondary N) is 1. The van der Waals surface area contributed by atoms with Gasteiger partial charge in [0.25, 0.3) is 5.91 Å². The van der Waals surface area contributed by atoms with Crippen LogP contribution in [0.3, 0.4) is 0 Å². The van der Waals surface area contributed by atoms with E-state index in [1.165, 1.54) is 5.56 Å². The predicted molar refractivity (Wildman–Crippen MR) is 141 cm³/mol. The van der Waals surface area contributed by atoms with E-state index in [4.69, 9.17) is 4.74 Å². The number of phenolic OH excluding ortho intramolecular Hbond substituents is 1. The molecule has 0 atom stereocenters. The first-order valence-corrected chi connectivity index (χ1v) is 11.7. The smallest absolute Gasteiger partial charge is 0.259 e. The van der Waals surface area contributed by atoms with Gasteiger partial charge in [-0.25, -0.2) is 0 Å². The Morgan fingerprint density at radius 1 is 1.00 bits per heavy atom. The maximum atomic E-state index is 13.2. The number of carbonyl (C=O) groups is 1. The van der Waals surface area contributed by atoms with Crippen LogP contribution in [-0.4, -0.2) is 18.1 Å². The molecular weight excluding hydrogens is 438 g/mol. The Morgan fingerprint density at radius 3 is 2.51 bits per heavy atom. The maximum Gasteiger partial charge on any atom is 0.259 e. The van der Waals surface area contributed by atoms with E-state index in [-0.39, 0.29) is 17.0 Å². The molecule has 0 aliphatic heterocycles. The van der Waals surface area contributed by atoms with Gasteiger partial charge in [0, 0.05) is 5.39 Å². The third kappa shape index (κ3) is 5.49. The molecule has 0 bridgehead atoms. The van der Waals surface area contributed by atoms with Crippen molar-refractivity contribution in [3.63, 3.8) is 0 Å². The highest BCUT2D eigenvalue weighted by molar-refractivity contribution is 6.12. The van der Waals surface area contributed by atoms with Crippen molar-refractivity contribution in [3.05, 3.63) is 89.5 Å². The Balaban J connectivity index is 1.69. The molecule has 0 aliphatic rings. The second-order valence-corrected chi connectivity index (χ2v) is 8.47. The lowest BCUT2D eigenvalue weighted by Crippen LogP contribution is -2.13. The lowest BCUT2D eigenvalue weighted by molar-refractivity contribution is 0.102. The summed E-state index contributed by atoms with van der Waals surface area (Å²) < 4.78 is 5.37. The van der Waals surface area contributed by atoms with Crippen molar-refractivity contribution in [2.45, 2.75) is 33.1 Å². The predicted octanol–water partition coefficient (Wildman–Crippen LogP) is 7.87. The number of aryl methyl sites for hydroxylation is 2. The fourth-order valence-electron chi connectivity index (χ4n) is 3.92. The largest absolute Gasteiger partial charge is 0.505 e. The third-order valence-corrected chi connectivity index (χ3v) is 5.86. The monoisotopic (exact) mass is 467 g/mol. The van der Waals surface area contributed by atoms with Crippen LogP contribution in [-0.2, 0) is 6.42 Å². The molecular formula is C29H29N3O3. The standard InChI is InChI=1S/C29H29N3O3/c1-4-5-8-20-12-14-22(15-13-20)31-32-27-23-10-7-6-9-21(23)18-24(28(27)33)29(34)30-25-17-19(2)11-16-26(25)35-3/h6-7,9-18,33H,4-5,8H2,1-3H3,(H,30,34). The van der Waals surface area contributed by atoms with E-state index < -0.39 is 5.91 Å². The lowest BCUT2D eigenvalue weighted by atomic mass is 10.0. The molecule has 6 heteroatoms. The molecule has 0 radical (unpaired) electrons. The van der Waals surface area contributed by atoms with Crippen molar-refractivity contribution in [1.82, 2.24) is 0 Å². The summed E-state index contributed by atoms with van der Waals surface area (Å²) in [6.07, 6.45) is 3.32. The van der Waals surface area contributed by atoms with Gasteiger partial charge < -0.3 is 15.2 Å². The van der Waals surface area contributed by atoms with E-state index in [2.05, 4.69) is 22.5 Å². The first kappa shape index (κ1) is 24.0. The Bertz CT molecular complexity index is 1380. The fraction of sp³-hybridized carbons (Fsp3) is 0.207. The normalized spacial score (nSPS) is 11.2. The van der Waals surface area contributed by atoms with Crippen molar-refractivity contribution in [1.29, 1.82) is 0 Å². The number of nitrogens with zero attached hydrogens (tertiary/aromatic N) is 2. The van der Waals surface area contributed by atoms with Crippen LogP contribution in [0.5, 0.6) is 11.5 Å². The number of benzene rings is 4. The molecule has 178 valence electrons. The number of phenols is 1. The molecule has 0 saturated heterocycles. The van der Waals surface area contributed by atoms with Gasteiger partial charge in [-0.3, -0.25) is 4.79 Å². The molecule has 0 heterocycles. The average molecular weight is 468 g/mol. The van der Waals surface area contributed by atoms with E-state index >= 15 is 0 Å². The molecule has 0 unspecified atom stereocenters. The van der Waals surface area contributed by atoms with Gasteiger partial charge in [-0.2, -0.15) is 5.11 Å². The number of carbonyl (C=O) groups excluding carboxylic acids is 1. The Morgan fingerprint density at radius 2 is 1.77 bits per heavy atom. The van der Waals surface area contributed by atoms with Gasteiger partial charge in [0.05, 0.1) is 24.0 Å². The SMILES string of the molecule is CCCCc1ccc(N=Nc2c(O)c(C(=O)Nc3cc(C)ccc3OC)cc3ccccc23)cc1. The first-order valence-electron chi connectivity index (χ1n) is 11.7. The zero-order valence-corrected chi connectivity index (χ0v) is 20.2. The average Bonchev–Trinajstić information content (AvgIpc) is 2.87. The maximum absolute atomic E-state index is 13.2. The number of anilines is 1. The summed E-state index contributed by atoms with van der Waals surface area (Å²) in [6.45, 7) is 4.10. The first-order chi connectivity index (χ1) is 17.0. The molecule has 0 saturated carbocycles. The number of ether oxygens (including phenoxy) is 1. The zero-order valence-electron chi connectivity index (χ0n) is 20.2. The van der Waals surface area contributed by atoms with Crippen LogP contribution in [0.4, 0.5) is 17.1 Å². The zero-order chi connectivity index (χ0) is 24.8. The van der Waals surface area contributed by atoms with E-state index in [0.717, 1.165) is 30.2 Å². The van der Waals surface area contributed by atoms with Crippen molar-refractivity contribution in [2.75, 3.05) is 12.4 Å². The van der Waals surface area contributed by atoms with E-state index in [0.29, 0.717) is 22.5 Å². The van der Waals surface area contributed by atoms with Gasteiger partial charge in [0.1, 0.15) is 11.4 Å². The van der Waals surface area contributed by atoms with Crippen LogP contribution in [0.15, 0.2) is 83.0 Å². The van der Waals surface area contributed by atoms with Crippen molar-refractivity contribution in [3.8, 4) is 11.5 Å². The minimum absolute atomic E-state index is 0.108. The third-order valence-electron chi connectivity index (χ3n) is 5.86. The van der Waals surface area contributed by atoms with Crippen LogP contribution in [0.25, 0.3) is 10.8 Å². The number of hydrogen-bond acceptors (Lipinski definition) is 5. The number of amides is 1. The van der Waals surface area contributed by atoms with Crippen molar-refractivity contribution < 1.29 is 14.6 Å². The van der Waals surface area contributed by atoms with Crippen LogP contribution < -0.4 is 10.1 Å². The molecule has 1 amide bonds. The Hall–Kier alpha value is -4.19. The number of aromatic hydroxyl groups is 1. The molecule has 4 rings (SSSR count). The van der Waals surface area contributed by atoms with Gasteiger partial charge in [-0.15, -0.1) is 5.11 Å². The fourth-order valence-corrected chi connectivity index (χ4v) is 3.92. The number of fused-ring (bicyclic) bond motifs is 1. The number of azo groups is 1. The second-order valence-electron chi connectivity index (χ2n) is 8.47. The number of rotatable bonds is 8. The Kier molecular flexibility index (Phi) is 7.41. The van der Waals surface area contributed by atoms with Crippen molar-refractivity contribution in [2.24, 2.45) is 10.2 Å². The summed E-state index contributed by atoms with van der Waals surface area (Å²) in [5.74, 6) is -0.156. The number of methoxy groups -OCH3 is 1. The van der Waals surface area contributed by atoms with Crippen LogP contribution in [0, 0.1) is 6.92 Å². The summed E-state index contributed by atoms with van der Waals surface area (Å²) in [5.41, 5.74) is 3.78. The quantitative estimate of drug-likeness (QED) is 0.259. The van der Waals surface area contributed by atoms with Gasteiger partial charge in [0.2, 0.25) is 0 Å². The highest BCUT2D eigenvalue weighted by atomic mass is 16.5. The number of hydrogen-bond donors (Lipinski definition) is 2. The summed E-state index contributed by atoms with van der Waals surface area (Å²) in [7, 11) is 1.54. The van der Waals surface area contributed by atoms with Crippen molar-refractivity contribution >= 4 is 33.7 Å². The molecule has 0 aliphatic carbocycles. The minimum atomic E-state index is -0.464. The molecule has 0 spiro atoms. The topological polar surface area (TPSA) is 83.3 Å². The van der Waals surface area contributed by atoms with Crippen LogP contribution >= 0.6 is 0 Å². The van der Waals surface area contributed by atoms with E-state index in [1.54, 1.807) is 19.2 Å². The van der Waals surface area contributed by atoms with Gasteiger partial charge in [-0.1, -0.05) is 55.8 Å². The van der Waals surface area contributed by atoms with Gasteiger partial charge >= 0.3 is 0 Å². The van der Waals surface area contributed by atoms with Crippen LogP contribution in [0.2, 0.25) is 0 Å². The molecule has 0 fully saturated rings. The highest BCUT2D eigenvalue weighted by Crippen LogP contribution is 2.40. The highest BCUT2D eigenvalue weighted by Gasteiger charge is 2.19. The summed E-state index contributed by atoms with van der Waals surface area (Å²) in [6, 6.07) is 22.5. The molecule has 2 N–H and O–H groups in total. The summed E-state index contributed by atoms with van der Waals surface area (Å²) in [5, 5.41) is 24.1. The molecule has 4 aromatic rings. The second kappa shape index (κ2) is 10.8. The Labute approximate surface area is 205 Å². The van der Waals surface area contributed by atoms with E-state index in [9.17, 15) is 9.90 Å². The summed E-state index contributed by atoms with van der Waals surface area (Å²) in [4.78, 5) is 13.2. The molecule has 4 aromatic carbocycles. The van der Waals surface area contributed by atoms with E-state index in [1.807, 2.05) is 67.6 Å². The van der Waals surface area contributed by atoms with Gasteiger partial charge in [0.15, 0.2) is 5.75 Å². The molecule has 35 heavy (non-hydrogen) atoms. The number of unbranched alkanes of at least 4 members (excludes halogenated alkanes) is 1. The minimum Gasteiger partial charge on any atom is -0.505 e. The molecule has 6 nitrogen and oxygen atoms in total. The lowest BCUT2D eigenvalue weighted by Gasteiger charge is -2.13.